The fourth-order valence-corrected chi connectivity index (χ4v) is 3.36. The van der Waals surface area contributed by atoms with Crippen LogP contribution >= 0.6 is 0 Å². The minimum atomic E-state index is -3.79. The average molecular weight is 399 g/mol. The Morgan fingerprint density at radius 2 is 1.42 bits per heavy atom. The minimum absolute atomic E-state index is 0.0490. The van der Waals surface area contributed by atoms with Crippen molar-refractivity contribution in [1.29, 1.82) is 0 Å². The van der Waals surface area contributed by atoms with Crippen LogP contribution in [0.25, 0.3) is 0 Å². The number of rotatable bonds is 7. The number of benzene rings is 2. The van der Waals surface area contributed by atoms with Crippen LogP contribution in [0.4, 0.5) is 11.4 Å². The Morgan fingerprint density at radius 3 is 1.92 bits per heavy atom. The first-order valence-electron chi connectivity index (χ1n) is 7.15. The monoisotopic (exact) mass is 399 g/mol. The van der Waals surface area contributed by atoms with Gasteiger partial charge in [-0.2, -0.15) is 0 Å². The highest BCUT2D eigenvalue weighted by atomic mass is 32.2. The van der Waals surface area contributed by atoms with E-state index in [9.17, 15) is 21.6 Å². The Kier molecular flexibility index (Phi) is 5.97. The van der Waals surface area contributed by atoms with Gasteiger partial charge in [0.15, 0.2) is 0 Å². The van der Waals surface area contributed by atoms with Gasteiger partial charge in [-0.3, -0.25) is 14.4 Å². The number of amides is 1. The highest BCUT2D eigenvalue weighted by molar-refractivity contribution is 7.92. The molecule has 11 heteroatoms. The molecule has 0 atom stereocenters. The van der Waals surface area contributed by atoms with Crippen LogP contribution in [-0.2, 0) is 24.9 Å². The van der Waals surface area contributed by atoms with Crippen LogP contribution in [0.5, 0.6) is 0 Å². The fourth-order valence-electron chi connectivity index (χ4n) is 1.98. The van der Waals surface area contributed by atoms with Crippen molar-refractivity contribution in [3.63, 3.8) is 0 Å². The van der Waals surface area contributed by atoms with Gasteiger partial charge in [-0.25, -0.2) is 16.8 Å². The maximum atomic E-state index is 12.2. The van der Waals surface area contributed by atoms with E-state index in [1.54, 1.807) is 0 Å². The third-order valence-corrected chi connectivity index (χ3v) is 4.95. The highest BCUT2D eigenvalue weighted by Crippen LogP contribution is 2.16. The predicted octanol–water partition coefficient (Wildman–Crippen LogP) is 1.15. The number of hydrogen-bond donors (Lipinski definition) is 3. The molecule has 2 aromatic rings. The van der Waals surface area contributed by atoms with Gasteiger partial charge in [0.25, 0.3) is 15.9 Å². The van der Waals surface area contributed by atoms with Gasteiger partial charge in [-0.05, 0) is 48.5 Å². The number of carbonyl (C=O) groups is 1. The van der Waals surface area contributed by atoms with Gasteiger partial charge in [0.05, 0.1) is 18.3 Å². The molecule has 0 heterocycles. The van der Waals surface area contributed by atoms with Crippen molar-refractivity contribution in [3.05, 3.63) is 54.1 Å². The number of nitrogens with one attached hydrogen (secondary N) is 3. The Labute approximate surface area is 151 Å². The van der Waals surface area contributed by atoms with Gasteiger partial charge in [0, 0.05) is 16.9 Å². The normalized spacial score (nSPS) is 11.8. The van der Waals surface area contributed by atoms with Crippen molar-refractivity contribution in [2.45, 2.75) is 4.90 Å². The van der Waals surface area contributed by atoms with Crippen molar-refractivity contribution >= 4 is 37.3 Å². The first-order chi connectivity index (χ1) is 12.1. The summed E-state index contributed by atoms with van der Waals surface area (Å²) in [6.07, 6.45) is 1.04. The minimum Gasteiger partial charge on any atom is -0.322 e. The summed E-state index contributed by atoms with van der Waals surface area (Å²) in [6, 6.07) is 11.3. The lowest BCUT2D eigenvalue weighted by atomic mass is 10.2. The van der Waals surface area contributed by atoms with E-state index in [0.717, 1.165) is 6.26 Å². The van der Waals surface area contributed by atoms with E-state index in [1.807, 2.05) is 4.89 Å². The van der Waals surface area contributed by atoms with Crippen molar-refractivity contribution in [3.8, 4) is 0 Å². The standard InChI is InChI=1S/C15H17N3O6S2/c1-24-18-26(22,23)14-9-3-11(4-10-14)15(19)16-12-5-7-13(8-6-12)17-25(2,20)21/h3-10,17-18H,1-2H3,(H,16,19). The summed E-state index contributed by atoms with van der Waals surface area (Å²) < 4.78 is 48.1. The summed E-state index contributed by atoms with van der Waals surface area (Å²) in [4.78, 5) is 18.4. The zero-order valence-electron chi connectivity index (χ0n) is 13.9. The molecule has 0 aliphatic heterocycles. The number of anilines is 2. The molecule has 1 amide bonds. The third-order valence-electron chi connectivity index (χ3n) is 3.07. The maximum Gasteiger partial charge on any atom is 0.262 e. The second kappa shape index (κ2) is 7.83. The van der Waals surface area contributed by atoms with Crippen LogP contribution in [0.1, 0.15) is 10.4 Å². The Bertz CT molecular complexity index is 985. The SMILES string of the molecule is CONS(=O)(=O)c1ccc(C(=O)Nc2ccc(NS(C)(=O)=O)cc2)cc1. The van der Waals surface area contributed by atoms with Gasteiger partial charge in [0.2, 0.25) is 10.0 Å². The molecule has 0 spiro atoms. The molecular weight excluding hydrogens is 382 g/mol. The Hall–Kier alpha value is -2.47. The number of hydrogen-bond acceptors (Lipinski definition) is 6. The smallest absolute Gasteiger partial charge is 0.262 e. The molecule has 0 unspecified atom stereocenters. The summed E-state index contributed by atoms with van der Waals surface area (Å²) in [7, 11) is -5.99. The van der Waals surface area contributed by atoms with E-state index in [0.29, 0.717) is 11.4 Å². The number of carbonyl (C=O) groups excluding carboxylic acids is 1. The van der Waals surface area contributed by atoms with Crippen molar-refractivity contribution < 1.29 is 26.5 Å². The second-order valence-electron chi connectivity index (χ2n) is 5.22. The fraction of sp³-hybridized carbons (Fsp3) is 0.133. The first-order valence-corrected chi connectivity index (χ1v) is 10.5. The van der Waals surface area contributed by atoms with Gasteiger partial charge >= 0.3 is 0 Å². The summed E-state index contributed by atoms with van der Waals surface area (Å²) >= 11 is 0. The third kappa shape index (κ3) is 5.52. The summed E-state index contributed by atoms with van der Waals surface area (Å²) in [5, 5.41) is 2.63. The molecule has 9 nitrogen and oxygen atoms in total. The van der Waals surface area contributed by atoms with E-state index >= 15 is 0 Å². The van der Waals surface area contributed by atoms with Crippen LogP contribution < -0.4 is 14.9 Å². The van der Waals surface area contributed by atoms with Crippen LogP contribution in [-0.4, -0.2) is 36.1 Å². The summed E-state index contributed by atoms with van der Waals surface area (Å²) in [5.74, 6) is -0.447. The van der Waals surface area contributed by atoms with Crippen LogP contribution in [0.3, 0.4) is 0 Å². The van der Waals surface area contributed by atoms with E-state index in [1.165, 1.54) is 55.6 Å². The molecule has 3 N–H and O–H groups in total. The summed E-state index contributed by atoms with van der Waals surface area (Å²) in [5.41, 5.74) is 1.07. The lowest BCUT2D eigenvalue weighted by molar-refractivity contribution is 0.102. The van der Waals surface area contributed by atoms with Gasteiger partial charge < -0.3 is 5.32 Å². The quantitative estimate of drug-likeness (QED) is 0.599. The molecule has 0 aliphatic rings. The molecule has 2 aromatic carbocycles. The van der Waals surface area contributed by atoms with Crippen LogP contribution in [0, 0.1) is 0 Å². The van der Waals surface area contributed by atoms with E-state index in [2.05, 4.69) is 14.9 Å². The topological polar surface area (TPSA) is 131 Å². The molecule has 0 aromatic heterocycles. The van der Waals surface area contributed by atoms with E-state index < -0.39 is 26.0 Å². The predicted molar refractivity (Wildman–Crippen MR) is 96.6 cm³/mol. The second-order valence-corrected chi connectivity index (χ2v) is 8.61. The molecule has 0 aliphatic carbocycles. The molecule has 0 bridgehead atoms. The molecule has 0 radical (unpaired) electrons. The highest BCUT2D eigenvalue weighted by Gasteiger charge is 2.14. The molecule has 140 valence electrons. The molecule has 0 saturated carbocycles. The van der Waals surface area contributed by atoms with Crippen LogP contribution in [0.15, 0.2) is 53.4 Å². The van der Waals surface area contributed by atoms with E-state index in [-0.39, 0.29) is 10.5 Å². The lowest BCUT2D eigenvalue weighted by Crippen LogP contribution is -2.22. The van der Waals surface area contributed by atoms with E-state index in [4.69, 9.17) is 0 Å². The Morgan fingerprint density at radius 1 is 0.885 bits per heavy atom. The molecule has 2 rings (SSSR count). The average Bonchev–Trinajstić information content (AvgIpc) is 2.55. The Balaban J connectivity index is 2.08. The molecule has 0 saturated heterocycles. The zero-order chi connectivity index (χ0) is 19.4. The summed E-state index contributed by atoms with van der Waals surface area (Å²) in [6.45, 7) is 0. The lowest BCUT2D eigenvalue weighted by Gasteiger charge is -2.08. The molecular formula is C15H17N3O6S2. The maximum absolute atomic E-state index is 12.2. The molecule has 26 heavy (non-hydrogen) atoms. The van der Waals surface area contributed by atoms with Crippen molar-refractivity contribution in [1.82, 2.24) is 4.89 Å². The zero-order valence-corrected chi connectivity index (χ0v) is 15.5. The largest absolute Gasteiger partial charge is 0.322 e. The molecule has 0 fully saturated rings. The first kappa shape index (κ1) is 19.8. The van der Waals surface area contributed by atoms with Crippen LogP contribution in [0.2, 0.25) is 0 Å². The van der Waals surface area contributed by atoms with Gasteiger partial charge in [-0.1, -0.05) is 4.89 Å². The van der Waals surface area contributed by atoms with Gasteiger partial charge in [0.1, 0.15) is 0 Å². The van der Waals surface area contributed by atoms with Crippen molar-refractivity contribution in [2.75, 3.05) is 23.4 Å². The number of sulfonamides is 2. The van der Waals surface area contributed by atoms with Gasteiger partial charge in [-0.15, -0.1) is 0 Å². The van der Waals surface area contributed by atoms with Crippen molar-refractivity contribution in [2.24, 2.45) is 0 Å².